The van der Waals surface area contributed by atoms with Gasteiger partial charge in [-0.2, -0.15) is 0 Å². The summed E-state index contributed by atoms with van der Waals surface area (Å²) in [6.07, 6.45) is 9.63. The van der Waals surface area contributed by atoms with Crippen LogP contribution in [0.15, 0.2) is 55.0 Å². The van der Waals surface area contributed by atoms with Gasteiger partial charge in [0.05, 0.1) is 34.9 Å². The minimum atomic E-state index is -0.243. The molecular formula is C22H16FN5. The zero-order chi connectivity index (χ0) is 19.3. The Kier molecular flexibility index (Phi) is 3.63. The van der Waals surface area contributed by atoms with Crippen LogP contribution in [0.2, 0.25) is 0 Å². The number of terminal acetylenes is 1. The lowest BCUT2D eigenvalue weighted by molar-refractivity contribution is 0.594. The maximum atomic E-state index is 14.4. The molecule has 0 fully saturated rings. The standard InChI is InChI=1S/C22H16FN5/c1-3-18-22-16(11-15-6-4-5-7-17(15)23)21-12-25-26-28(21)20-10-14(2)8-9-19(20)27(22)13-24-18/h1,4-10,12-13,16H,11H2,2H3. The number of fused-ring (bicyclic) bond motifs is 5. The van der Waals surface area contributed by atoms with E-state index in [9.17, 15) is 4.39 Å². The number of aromatic nitrogens is 5. The van der Waals surface area contributed by atoms with E-state index >= 15 is 0 Å². The van der Waals surface area contributed by atoms with Crippen LogP contribution < -0.4 is 0 Å². The molecule has 0 radical (unpaired) electrons. The topological polar surface area (TPSA) is 48.5 Å². The van der Waals surface area contributed by atoms with Crippen molar-refractivity contribution in [2.75, 3.05) is 0 Å². The number of rotatable bonds is 2. The van der Waals surface area contributed by atoms with Gasteiger partial charge in [0.15, 0.2) is 0 Å². The second-order valence-corrected chi connectivity index (χ2v) is 6.90. The van der Waals surface area contributed by atoms with Crippen molar-refractivity contribution in [3.05, 3.63) is 89.0 Å². The van der Waals surface area contributed by atoms with E-state index in [1.54, 1.807) is 24.7 Å². The molecule has 6 heteroatoms. The normalized spacial score (nSPS) is 14.5. The van der Waals surface area contributed by atoms with Gasteiger partial charge < -0.3 is 0 Å². The SMILES string of the molecule is C#Cc1ncn2c1C(Cc1ccccc1F)c1cnnn1-c1cc(C)ccc1-2. The Balaban J connectivity index is 1.81. The van der Waals surface area contributed by atoms with Gasteiger partial charge >= 0.3 is 0 Å². The summed E-state index contributed by atoms with van der Waals surface area (Å²) < 4.78 is 18.3. The number of hydrogen-bond acceptors (Lipinski definition) is 3. The lowest BCUT2D eigenvalue weighted by atomic mass is 9.91. The van der Waals surface area contributed by atoms with Gasteiger partial charge in [-0.05, 0) is 48.6 Å². The summed E-state index contributed by atoms with van der Waals surface area (Å²) in [5.41, 5.74) is 5.76. The number of halogens is 1. The third-order valence-electron chi connectivity index (χ3n) is 5.20. The lowest BCUT2D eigenvalue weighted by Crippen LogP contribution is -2.13. The van der Waals surface area contributed by atoms with Gasteiger partial charge in [0.1, 0.15) is 17.8 Å². The molecule has 0 aliphatic carbocycles. The fourth-order valence-electron chi connectivity index (χ4n) is 3.89. The molecule has 28 heavy (non-hydrogen) atoms. The zero-order valence-corrected chi connectivity index (χ0v) is 15.2. The summed E-state index contributed by atoms with van der Waals surface area (Å²) in [7, 11) is 0. The van der Waals surface area contributed by atoms with Crippen molar-refractivity contribution in [2.45, 2.75) is 19.3 Å². The van der Waals surface area contributed by atoms with Crippen LogP contribution in [0.25, 0.3) is 11.4 Å². The van der Waals surface area contributed by atoms with Crippen molar-refractivity contribution in [3.63, 3.8) is 0 Å². The molecule has 1 atom stereocenters. The number of aryl methyl sites for hydroxylation is 1. The van der Waals surface area contributed by atoms with E-state index in [0.717, 1.165) is 28.3 Å². The fraction of sp³-hybridized carbons (Fsp3) is 0.136. The number of imidazole rings is 1. The molecular weight excluding hydrogens is 353 g/mol. The first-order chi connectivity index (χ1) is 13.7. The largest absolute Gasteiger partial charge is 0.299 e. The molecule has 4 aromatic rings. The van der Waals surface area contributed by atoms with Gasteiger partial charge in [-0.3, -0.25) is 4.57 Å². The van der Waals surface area contributed by atoms with Crippen molar-refractivity contribution in [2.24, 2.45) is 0 Å². The second kappa shape index (κ2) is 6.17. The molecule has 0 bridgehead atoms. The highest BCUT2D eigenvalue weighted by molar-refractivity contribution is 5.59. The van der Waals surface area contributed by atoms with E-state index in [0.29, 0.717) is 17.7 Å². The Morgan fingerprint density at radius 2 is 2.04 bits per heavy atom. The van der Waals surface area contributed by atoms with Crippen molar-refractivity contribution in [1.82, 2.24) is 24.5 Å². The summed E-state index contributed by atoms with van der Waals surface area (Å²) in [6, 6.07) is 12.9. The smallest absolute Gasteiger partial charge is 0.135 e. The van der Waals surface area contributed by atoms with Crippen LogP contribution in [0, 0.1) is 25.1 Å². The first-order valence-electron chi connectivity index (χ1n) is 8.96. The van der Waals surface area contributed by atoms with E-state index in [2.05, 4.69) is 27.3 Å². The Bertz CT molecular complexity index is 1240. The van der Waals surface area contributed by atoms with Crippen LogP contribution in [0.1, 0.15) is 34.1 Å². The molecule has 0 N–H and O–H groups in total. The molecule has 2 aromatic heterocycles. The number of hydrogen-bond donors (Lipinski definition) is 0. The van der Waals surface area contributed by atoms with Crippen LogP contribution in [0.4, 0.5) is 4.39 Å². The molecule has 1 aliphatic rings. The van der Waals surface area contributed by atoms with Crippen LogP contribution in [-0.4, -0.2) is 24.5 Å². The maximum Gasteiger partial charge on any atom is 0.135 e. The highest BCUT2D eigenvalue weighted by atomic mass is 19.1. The third-order valence-corrected chi connectivity index (χ3v) is 5.20. The van der Waals surface area contributed by atoms with E-state index < -0.39 is 0 Å². The molecule has 5 nitrogen and oxygen atoms in total. The van der Waals surface area contributed by atoms with E-state index in [1.807, 2.05) is 34.4 Å². The van der Waals surface area contributed by atoms with Gasteiger partial charge in [0.25, 0.3) is 0 Å². The van der Waals surface area contributed by atoms with E-state index in [1.165, 1.54) is 6.07 Å². The molecule has 1 aliphatic heterocycles. The Hall–Kier alpha value is -3.72. The molecule has 0 saturated heterocycles. The summed E-state index contributed by atoms with van der Waals surface area (Å²) in [5, 5.41) is 8.46. The quantitative estimate of drug-likeness (QED) is 0.508. The predicted octanol–water partition coefficient (Wildman–Crippen LogP) is 3.57. The number of nitrogens with zero attached hydrogens (tertiary/aromatic N) is 5. The first kappa shape index (κ1) is 16.5. The first-order valence-corrected chi connectivity index (χ1v) is 8.96. The van der Waals surface area contributed by atoms with Gasteiger partial charge in [0, 0.05) is 0 Å². The lowest BCUT2D eigenvalue weighted by Gasteiger charge is -2.17. The highest BCUT2D eigenvalue weighted by Gasteiger charge is 2.32. The summed E-state index contributed by atoms with van der Waals surface area (Å²) in [5.74, 6) is 2.20. The molecule has 0 spiro atoms. The minimum absolute atomic E-state index is 0.242. The van der Waals surface area contributed by atoms with Crippen LogP contribution >= 0.6 is 0 Å². The Labute approximate surface area is 161 Å². The van der Waals surface area contributed by atoms with Crippen LogP contribution in [-0.2, 0) is 6.42 Å². The molecule has 5 rings (SSSR count). The molecule has 1 unspecified atom stereocenters. The molecule has 0 saturated carbocycles. The third kappa shape index (κ3) is 2.37. The number of benzene rings is 2. The molecule has 3 heterocycles. The van der Waals surface area contributed by atoms with Crippen molar-refractivity contribution < 1.29 is 4.39 Å². The molecule has 2 aromatic carbocycles. The van der Waals surface area contributed by atoms with Crippen molar-refractivity contribution in [3.8, 4) is 23.7 Å². The predicted molar refractivity (Wildman–Crippen MR) is 103 cm³/mol. The Morgan fingerprint density at radius 1 is 1.18 bits per heavy atom. The highest BCUT2D eigenvalue weighted by Crippen LogP contribution is 2.38. The maximum absolute atomic E-state index is 14.4. The van der Waals surface area contributed by atoms with Gasteiger partial charge in [-0.15, -0.1) is 11.5 Å². The monoisotopic (exact) mass is 369 g/mol. The van der Waals surface area contributed by atoms with Gasteiger partial charge in [-0.1, -0.05) is 29.5 Å². The summed E-state index contributed by atoms with van der Waals surface area (Å²) >= 11 is 0. The Morgan fingerprint density at radius 3 is 2.86 bits per heavy atom. The van der Waals surface area contributed by atoms with Crippen molar-refractivity contribution >= 4 is 0 Å². The summed E-state index contributed by atoms with van der Waals surface area (Å²) in [6.45, 7) is 2.03. The molecule has 136 valence electrons. The van der Waals surface area contributed by atoms with Gasteiger partial charge in [0.2, 0.25) is 0 Å². The van der Waals surface area contributed by atoms with Crippen LogP contribution in [0.5, 0.6) is 0 Å². The van der Waals surface area contributed by atoms with Crippen LogP contribution in [0.3, 0.4) is 0 Å². The average Bonchev–Trinajstić information content (AvgIpc) is 3.32. The minimum Gasteiger partial charge on any atom is -0.299 e. The molecule has 0 amide bonds. The van der Waals surface area contributed by atoms with Crippen molar-refractivity contribution in [1.29, 1.82) is 0 Å². The summed E-state index contributed by atoms with van der Waals surface area (Å²) in [4.78, 5) is 4.43. The van der Waals surface area contributed by atoms with Gasteiger partial charge in [-0.25, -0.2) is 14.1 Å². The fourth-order valence-corrected chi connectivity index (χ4v) is 3.89. The van der Waals surface area contributed by atoms with E-state index in [-0.39, 0.29) is 11.7 Å². The van der Waals surface area contributed by atoms with E-state index in [4.69, 9.17) is 6.42 Å². The second-order valence-electron chi connectivity index (χ2n) is 6.90. The average molecular weight is 369 g/mol. The zero-order valence-electron chi connectivity index (χ0n) is 15.2.